The summed E-state index contributed by atoms with van der Waals surface area (Å²) in [5, 5.41) is 5.18. The van der Waals surface area contributed by atoms with Gasteiger partial charge >= 0.3 is 0 Å². The lowest BCUT2D eigenvalue weighted by molar-refractivity contribution is 0.226. The van der Waals surface area contributed by atoms with Crippen LogP contribution in [0.15, 0.2) is 18.2 Å². The van der Waals surface area contributed by atoms with Crippen molar-refractivity contribution < 1.29 is 0 Å². The number of hydrogen-bond donors (Lipinski definition) is 1. The monoisotopic (exact) mass is 313 g/mol. The molecule has 0 aromatic heterocycles. The quantitative estimate of drug-likeness (QED) is 0.755. The molecule has 3 unspecified atom stereocenters. The average molecular weight is 314 g/mol. The van der Waals surface area contributed by atoms with Crippen LogP contribution in [0.4, 0.5) is 0 Å². The molecule has 0 aliphatic heterocycles. The van der Waals surface area contributed by atoms with Crippen molar-refractivity contribution >= 4 is 23.2 Å². The van der Waals surface area contributed by atoms with E-state index in [2.05, 4.69) is 25.2 Å². The highest BCUT2D eigenvalue weighted by Crippen LogP contribution is 2.44. The SMILES string of the molecule is CCNCC1CCC(CC)CC1c1cc(Cl)ccc1Cl. The highest BCUT2D eigenvalue weighted by Gasteiger charge is 2.31. The molecule has 0 saturated heterocycles. The van der Waals surface area contributed by atoms with Gasteiger partial charge in [0.1, 0.15) is 0 Å². The maximum absolute atomic E-state index is 6.44. The zero-order valence-electron chi connectivity index (χ0n) is 12.5. The van der Waals surface area contributed by atoms with Gasteiger partial charge in [-0.1, -0.05) is 49.9 Å². The minimum atomic E-state index is 0.541. The fraction of sp³-hybridized carbons (Fsp3) is 0.647. The smallest absolute Gasteiger partial charge is 0.0441 e. The van der Waals surface area contributed by atoms with E-state index in [9.17, 15) is 0 Å². The number of hydrogen-bond acceptors (Lipinski definition) is 1. The van der Waals surface area contributed by atoms with Crippen molar-refractivity contribution in [1.82, 2.24) is 5.32 Å². The van der Waals surface area contributed by atoms with Crippen molar-refractivity contribution in [3.05, 3.63) is 33.8 Å². The molecular weight excluding hydrogens is 289 g/mol. The van der Waals surface area contributed by atoms with E-state index in [1.54, 1.807) is 0 Å². The first-order chi connectivity index (χ1) is 9.65. The first kappa shape index (κ1) is 16.1. The zero-order valence-corrected chi connectivity index (χ0v) is 14.0. The van der Waals surface area contributed by atoms with Gasteiger partial charge in [0.25, 0.3) is 0 Å². The van der Waals surface area contributed by atoms with Crippen LogP contribution in [0.2, 0.25) is 10.0 Å². The summed E-state index contributed by atoms with van der Waals surface area (Å²) in [4.78, 5) is 0. The number of halogens is 2. The molecule has 1 fully saturated rings. The van der Waals surface area contributed by atoms with E-state index >= 15 is 0 Å². The molecule has 1 aliphatic rings. The molecule has 1 N–H and O–H groups in total. The molecule has 1 saturated carbocycles. The van der Waals surface area contributed by atoms with Crippen molar-refractivity contribution in [3.8, 4) is 0 Å². The molecule has 0 heterocycles. The van der Waals surface area contributed by atoms with E-state index in [-0.39, 0.29) is 0 Å². The zero-order chi connectivity index (χ0) is 14.5. The topological polar surface area (TPSA) is 12.0 Å². The summed E-state index contributed by atoms with van der Waals surface area (Å²) in [6, 6.07) is 5.90. The fourth-order valence-electron chi connectivity index (χ4n) is 3.44. The minimum Gasteiger partial charge on any atom is -0.317 e. The summed E-state index contributed by atoms with van der Waals surface area (Å²) in [5.41, 5.74) is 1.25. The van der Waals surface area contributed by atoms with Crippen LogP contribution >= 0.6 is 23.2 Å². The Hall–Kier alpha value is -0.240. The lowest BCUT2D eigenvalue weighted by Gasteiger charge is -2.37. The first-order valence-corrected chi connectivity index (χ1v) is 8.56. The van der Waals surface area contributed by atoms with Crippen LogP contribution in [-0.2, 0) is 0 Å². The van der Waals surface area contributed by atoms with E-state index in [1.807, 2.05) is 12.1 Å². The van der Waals surface area contributed by atoms with Crippen LogP contribution < -0.4 is 5.32 Å². The molecule has 0 radical (unpaired) electrons. The molecule has 0 bridgehead atoms. The molecule has 1 aromatic rings. The van der Waals surface area contributed by atoms with E-state index < -0.39 is 0 Å². The van der Waals surface area contributed by atoms with Crippen LogP contribution in [-0.4, -0.2) is 13.1 Å². The third-order valence-electron chi connectivity index (χ3n) is 4.69. The van der Waals surface area contributed by atoms with Crippen LogP contribution in [0, 0.1) is 11.8 Å². The highest BCUT2D eigenvalue weighted by molar-refractivity contribution is 6.33. The predicted molar refractivity (Wildman–Crippen MR) is 88.9 cm³/mol. The van der Waals surface area contributed by atoms with E-state index in [4.69, 9.17) is 23.2 Å². The van der Waals surface area contributed by atoms with Crippen molar-refractivity contribution in [1.29, 1.82) is 0 Å². The van der Waals surface area contributed by atoms with Crippen LogP contribution in [0.1, 0.15) is 51.0 Å². The molecular formula is C17H25Cl2N. The van der Waals surface area contributed by atoms with Gasteiger partial charge in [-0.2, -0.15) is 0 Å². The highest BCUT2D eigenvalue weighted by atomic mass is 35.5. The van der Waals surface area contributed by atoms with Crippen molar-refractivity contribution in [2.24, 2.45) is 11.8 Å². The van der Waals surface area contributed by atoms with Gasteiger partial charge in [0.05, 0.1) is 0 Å². The second-order valence-electron chi connectivity index (χ2n) is 5.93. The first-order valence-electron chi connectivity index (χ1n) is 7.81. The Morgan fingerprint density at radius 2 is 2.00 bits per heavy atom. The van der Waals surface area contributed by atoms with Crippen molar-refractivity contribution in [2.45, 2.75) is 45.4 Å². The Labute approximate surface area is 133 Å². The van der Waals surface area contributed by atoms with Gasteiger partial charge in [0.15, 0.2) is 0 Å². The van der Waals surface area contributed by atoms with Gasteiger partial charge in [0.2, 0.25) is 0 Å². The molecule has 0 spiro atoms. The summed E-state index contributed by atoms with van der Waals surface area (Å²) >= 11 is 12.6. The van der Waals surface area contributed by atoms with Crippen molar-refractivity contribution in [2.75, 3.05) is 13.1 Å². The Bertz CT molecular complexity index is 433. The molecule has 3 heteroatoms. The third-order valence-corrected chi connectivity index (χ3v) is 5.27. The molecule has 3 atom stereocenters. The summed E-state index contributed by atoms with van der Waals surface area (Å²) in [6.07, 6.45) is 5.15. The van der Waals surface area contributed by atoms with Crippen LogP contribution in [0.25, 0.3) is 0 Å². The van der Waals surface area contributed by atoms with Gasteiger partial charge in [0, 0.05) is 10.0 Å². The normalized spacial score (nSPS) is 26.7. The third kappa shape index (κ3) is 3.90. The fourth-order valence-corrected chi connectivity index (χ4v) is 3.88. The van der Waals surface area contributed by atoms with Gasteiger partial charge in [-0.15, -0.1) is 0 Å². The van der Waals surface area contributed by atoms with Gasteiger partial charge in [-0.25, -0.2) is 0 Å². The molecule has 1 aromatic carbocycles. The largest absolute Gasteiger partial charge is 0.317 e. The number of benzene rings is 1. The summed E-state index contributed by atoms with van der Waals surface area (Å²) in [5.74, 6) is 2.04. The lowest BCUT2D eigenvalue weighted by Crippen LogP contribution is -2.32. The minimum absolute atomic E-state index is 0.541. The Morgan fingerprint density at radius 3 is 2.70 bits per heavy atom. The maximum Gasteiger partial charge on any atom is 0.0441 e. The van der Waals surface area contributed by atoms with E-state index in [0.717, 1.165) is 29.1 Å². The molecule has 20 heavy (non-hydrogen) atoms. The number of rotatable bonds is 5. The van der Waals surface area contributed by atoms with E-state index in [0.29, 0.717) is 11.8 Å². The lowest BCUT2D eigenvalue weighted by atomic mass is 9.70. The van der Waals surface area contributed by atoms with Crippen LogP contribution in [0.3, 0.4) is 0 Å². The second-order valence-corrected chi connectivity index (χ2v) is 6.77. The van der Waals surface area contributed by atoms with Gasteiger partial charge in [-0.3, -0.25) is 0 Å². The molecule has 0 amide bonds. The van der Waals surface area contributed by atoms with Crippen LogP contribution in [0.5, 0.6) is 0 Å². The standard InChI is InChI=1S/C17H25Cl2N/c1-3-12-5-6-13(11-20-4-2)15(9-12)16-10-14(18)7-8-17(16)19/h7-8,10,12-13,15,20H,3-6,9,11H2,1-2H3. The van der Waals surface area contributed by atoms with Gasteiger partial charge < -0.3 is 5.32 Å². The molecule has 1 aliphatic carbocycles. The molecule has 112 valence electrons. The maximum atomic E-state index is 6.44. The summed E-state index contributed by atoms with van der Waals surface area (Å²) < 4.78 is 0. The second kappa shape index (κ2) is 7.68. The Morgan fingerprint density at radius 1 is 1.20 bits per heavy atom. The molecule has 2 rings (SSSR count). The van der Waals surface area contributed by atoms with Crippen molar-refractivity contribution in [3.63, 3.8) is 0 Å². The Kier molecular flexibility index (Phi) is 6.20. The number of nitrogens with one attached hydrogen (secondary N) is 1. The van der Waals surface area contributed by atoms with E-state index in [1.165, 1.54) is 31.2 Å². The Balaban J connectivity index is 2.23. The molecule has 1 nitrogen and oxygen atoms in total. The summed E-state index contributed by atoms with van der Waals surface area (Å²) in [6.45, 7) is 6.58. The average Bonchev–Trinajstić information content (AvgIpc) is 2.47. The van der Waals surface area contributed by atoms with Gasteiger partial charge in [-0.05, 0) is 67.4 Å². The predicted octanol–water partition coefficient (Wildman–Crippen LogP) is 5.51. The summed E-state index contributed by atoms with van der Waals surface area (Å²) in [7, 11) is 0.